The Labute approximate surface area is 188 Å². The lowest BCUT2D eigenvalue weighted by Crippen LogP contribution is -2.45. The zero-order valence-corrected chi connectivity index (χ0v) is 19.1. The number of nitrogens with one attached hydrogen (secondary N) is 3. The fraction of sp³-hybridized carbons (Fsp3) is 0.500. The number of carbonyl (C=O) groups is 1. The Balaban J connectivity index is 0.00000300. The number of furan rings is 2. The third kappa shape index (κ3) is 7.07. The average Bonchev–Trinajstić information content (AvgIpc) is 3.45. The van der Waals surface area contributed by atoms with Gasteiger partial charge in [0.25, 0.3) is 5.91 Å². The lowest BCUT2D eigenvalue weighted by molar-refractivity contribution is 0.0926. The smallest absolute Gasteiger partial charge is 0.287 e. The Hall–Kier alpha value is -2.01. The van der Waals surface area contributed by atoms with Crippen molar-refractivity contribution in [2.75, 3.05) is 39.8 Å². The second-order valence-corrected chi connectivity index (χ2v) is 6.74. The van der Waals surface area contributed by atoms with Crippen molar-refractivity contribution in [1.29, 1.82) is 0 Å². The van der Waals surface area contributed by atoms with E-state index in [0.717, 1.165) is 18.8 Å². The number of nitrogens with zero attached hydrogens (tertiary/aromatic N) is 2. The maximum atomic E-state index is 11.8. The van der Waals surface area contributed by atoms with Crippen LogP contribution in [0.25, 0.3) is 0 Å². The van der Waals surface area contributed by atoms with Crippen LogP contribution in [-0.4, -0.2) is 56.5 Å². The normalized spacial score (nSPS) is 16.0. The van der Waals surface area contributed by atoms with E-state index in [1.165, 1.54) is 25.5 Å². The van der Waals surface area contributed by atoms with Crippen LogP contribution < -0.4 is 16.0 Å². The Morgan fingerprint density at radius 2 is 1.79 bits per heavy atom. The summed E-state index contributed by atoms with van der Waals surface area (Å²) in [6.07, 6.45) is 6.94. The van der Waals surface area contributed by atoms with E-state index in [2.05, 4.69) is 25.8 Å². The Kier molecular flexibility index (Phi) is 10.1. The Morgan fingerprint density at radius 1 is 1.07 bits per heavy atom. The maximum Gasteiger partial charge on any atom is 0.287 e. The number of piperidine rings is 1. The second kappa shape index (κ2) is 12.5. The van der Waals surface area contributed by atoms with E-state index in [4.69, 9.17) is 8.83 Å². The molecule has 2 aromatic heterocycles. The summed E-state index contributed by atoms with van der Waals surface area (Å²) in [6, 6.07) is 7.46. The molecule has 1 aliphatic rings. The summed E-state index contributed by atoms with van der Waals surface area (Å²) in [7, 11) is 1.74. The van der Waals surface area contributed by atoms with E-state index < -0.39 is 0 Å². The van der Waals surface area contributed by atoms with Crippen molar-refractivity contribution >= 4 is 35.8 Å². The van der Waals surface area contributed by atoms with Crippen LogP contribution in [0.3, 0.4) is 0 Å². The quantitative estimate of drug-likeness (QED) is 0.217. The number of rotatable bonds is 8. The molecule has 2 aromatic rings. The SMILES string of the molecule is CN=C(NCCNC(=O)c1ccco1)NCC(c1ccco1)N1CCCCC1.I. The summed E-state index contributed by atoms with van der Waals surface area (Å²) in [5.41, 5.74) is 0. The first-order valence-corrected chi connectivity index (χ1v) is 9.81. The average molecular weight is 515 g/mol. The van der Waals surface area contributed by atoms with Crippen molar-refractivity contribution in [3.63, 3.8) is 0 Å². The first kappa shape index (κ1) is 23.3. The minimum Gasteiger partial charge on any atom is -0.468 e. The molecular weight excluding hydrogens is 485 g/mol. The molecule has 0 spiro atoms. The van der Waals surface area contributed by atoms with Crippen LogP contribution in [0.2, 0.25) is 0 Å². The molecule has 0 aromatic carbocycles. The van der Waals surface area contributed by atoms with Gasteiger partial charge in [0.1, 0.15) is 5.76 Å². The molecule has 0 bridgehead atoms. The van der Waals surface area contributed by atoms with Crippen molar-refractivity contribution < 1.29 is 13.6 Å². The molecule has 1 amide bonds. The van der Waals surface area contributed by atoms with Gasteiger partial charge < -0.3 is 24.8 Å². The highest BCUT2D eigenvalue weighted by molar-refractivity contribution is 14.0. The minimum absolute atomic E-state index is 0. The molecule has 1 atom stereocenters. The highest BCUT2D eigenvalue weighted by Crippen LogP contribution is 2.24. The summed E-state index contributed by atoms with van der Waals surface area (Å²) in [4.78, 5) is 18.6. The first-order chi connectivity index (χ1) is 13.8. The molecule has 1 aliphatic heterocycles. The van der Waals surface area contributed by atoms with Gasteiger partial charge in [0.05, 0.1) is 18.6 Å². The van der Waals surface area contributed by atoms with Gasteiger partial charge in [-0.2, -0.15) is 0 Å². The van der Waals surface area contributed by atoms with Gasteiger partial charge in [0.2, 0.25) is 0 Å². The molecule has 0 radical (unpaired) electrons. The third-order valence-electron chi connectivity index (χ3n) is 4.84. The second-order valence-electron chi connectivity index (χ2n) is 6.74. The maximum absolute atomic E-state index is 11.8. The number of aliphatic imine (C=N–C) groups is 1. The molecular formula is C20H30IN5O3. The number of likely N-dealkylation sites (tertiary alicyclic amines) is 1. The van der Waals surface area contributed by atoms with Crippen molar-refractivity contribution in [2.45, 2.75) is 25.3 Å². The lowest BCUT2D eigenvalue weighted by atomic mass is 10.1. The number of amides is 1. The monoisotopic (exact) mass is 515 g/mol. The molecule has 9 heteroatoms. The van der Waals surface area contributed by atoms with Gasteiger partial charge in [0, 0.05) is 26.7 Å². The summed E-state index contributed by atoms with van der Waals surface area (Å²) in [5, 5.41) is 9.40. The van der Waals surface area contributed by atoms with Gasteiger partial charge >= 0.3 is 0 Å². The molecule has 3 rings (SSSR count). The summed E-state index contributed by atoms with van der Waals surface area (Å²) in [6.45, 7) is 3.89. The zero-order chi connectivity index (χ0) is 19.6. The number of hydrogen-bond donors (Lipinski definition) is 3. The molecule has 1 unspecified atom stereocenters. The van der Waals surface area contributed by atoms with Crippen molar-refractivity contribution in [3.8, 4) is 0 Å². The molecule has 8 nitrogen and oxygen atoms in total. The molecule has 160 valence electrons. The molecule has 1 saturated heterocycles. The van der Waals surface area contributed by atoms with Gasteiger partial charge in [-0.25, -0.2) is 0 Å². The lowest BCUT2D eigenvalue weighted by Gasteiger charge is -2.33. The van der Waals surface area contributed by atoms with Crippen molar-refractivity contribution in [1.82, 2.24) is 20.9 Å². The molecule has 0 saturated carbocycles. The largest absolute Gasteiger partial charge is 0.468 e. The van der Waals surface area contributed by atoms with Crippen LogP contribution in [-0.2, 0) is 0 Å². The van der Waals surface area contributed by atoms with E-state index >= 15 is 0 Å². The molecule has 1 fully saturated rings. The van der Waals surface area contributed by atoms with Gasteiger partial charge in [-0.05, 0) is 50.2 Å². The standard InChI is InChI=1S/C20H29N5O3.HI/c1-21-20(23-10-9-22-19(26)18-8-6-14-28-18)24-15-16(17-7-5-13-27-17)25-11-3-2-4-12-25;/h5-8,13-14,16H,2-4,9-12,15H2,1H3,(H,22,26)(H2,21,23,24);1H. The van der Waals surface area contributed by atoms with Crippen LogP contribution in [0.15, 0.2) is 50.6 Å². The van der Waals surface area contributed by atoms with E-state index in [-0.39, 0.29) is 35.9 Å². The highest BCUT2D eigenvalue weighted by atomic mass is 127. The van der Waals surface area contributed by atoms with Crippen LogP contribution in [0.1, 0.15) is 41.6 Å². The van der Waals surface area contributed by atoms with E-state index in [9.17, 15) is 4.79 Å². The zero-order valence-electron chi connectivity index (χ0n) is 16.7. The van der Waals surface area contributed by atoms with Crippen LogP contribution in [0.4, 0.5) is 0 Å². The van der Waals surface area contributed by atoms with Gasteiger partial charge in [-0.3, -0.25) is 14.7 Å². The molecule has 3 heterocycles. The highest BCUT2D eigenvalue weighted by Gasteiger charge is 2.24. The van der Waals surface area contributed by atoms with Crippen LogP contribution in [0.5, 0.6) is 0 Å². The fourth-order valence-electron chi connectivity index (χ4n) is 3.39. The molecule has 3 N–H and O–H groups in total. The van der Waals surface area contributed by atoms with E-state index in [1.807, 2.05) is 12.1 Å². The number of hydrogen-bond acceptors (Lipinski definition) is 5. The minimum atomic E-state index is -0.224. The third-order valence-corrected chi connectivity index (χ3v) is 4.84. The predicted octanol–water partition coefficient (Wildman–Crippen LogP) is 2.61. The topological polar surface area (TPSA) is 95.0 Å². The summed E-state index contributed by atoms with van der Waals surface area (Å²) in [5.74, 6) is 1.75. The van der Waals surface area contributed by atoms with Crippen molar-refractivity contribution in [3.05, 3.63) is 48.3 Å². The van der Waals surface area contributed by atoms with Gasteiger partial charge in [-0.15, -0.1) is 24.0 Å². The Bertz CT molecular complexity index is 727. The van der Waals surface area contributed by atoms with Gasteiger partial charge in [-0.1, -0.05) is 6.42 Å². The first-order valence-electron chi connectivity index (χ1n) is 9.81. The number of guanidine groups is 1. The molecule has 0 aliphatic carbocycles. The van der Waals surface area contributed by atoms with E-state index in [1.54, 1.807) is 25.4 Å². The summed E-state index contributed by atoms with van der Waals surface area (Å²) < 4.78 is 10.7. The predicted molar refractivity (Wildman–Crippen MR) is 123 cm³/mol. The fourth-order valence-corrected chi connectivity index (χ4v) is 3.39. The van der Waals surface area contributed by atoms with Gasteiger partial charge in [0.15, 0.2) is 11.7 Å². The number of halogens is 1. The summed E-state index contributed by atoms with van der Waals surface area (Å²) >= 11 is 0. The van der Waals surface area contributed by atoms with Crippen LogP contribution >= 0.6 is 24.0 Å². The van der Waals surface area contributed by atoms with E-state index in [0.29, 0.717) is 31.4 Å². The Morgan fingerprint density at radius 3 is 2.45 bits per heavy atom. The molecule has 29 heavy (non-hydrogen) atoms. The van der Waals surface area contributed by atoms with Crippen LogP contribution in [0, 0.1) is 0 Å². The number of carbonyl (C=O) groups excluding carboxylic acids is 1. The van der Waals surface area contributed by atoms with Crippen molar-refractivity contribution in [2.24, 2.45) is 4.99 Å².